The van der Waals surface area contributed by atoms with Crippen molar-refractivity contribution in [2.45, 2.75) is 58.9 Å². The number of Topliss-reactive ketones (excluding diaryl/α,β-unsaturated/α-hetero) is 1. The Bertz CT molecular complexity index is 1050. The van der Waals surface area contributed by atoms with Crippen molar-refractivity contribution >= 4 is 11.8 Å². The highest BCUT2D eigenvalue weighted by Crippen LogP contribution is 2.25. The average molecular weight is 420 g/mol. The standard InChI is InChI=1S/C25H29N3O3/c1-4-6-11-22(29)24-26-23(28(27-24)17(3)5-2)16-18-12-14-19(15-13-18)20-9-7-8-10-21(20)25(30)31/h7-10,12-15,17H,4-6,11,16H2,1-3H3,(H,30,31). The molecule has 1 N–H and O–H groups in total. The molecule has 6 nitrogen and oxygen atoms in total. The molecule has 0 aliphatic rings. The largest absolute Gasteiger partial charge is 0.478 e. The van der Waals surface area contributed by atoms with Crippen LogP contribution in [-0.2, 0) is 6.42 Å². The first kappa shape index (κ1) is 22.4. The molecule has 0 radical (unpaired) electrons. The molecule has 1 unspecified atom stereocenters. The number of carboxylic acids is 1. The first-order valence-electron chi connectivity index (χ1n) is 10.8. The molecule has 0 fully saturated rings. The first-order valence-corrected chi connectivity index (χ1v) is 10.8. The minimum Gasteiger partial charge on any atom is -0.478 e. The third-order valence-corrected chi connectivity index (χ3v) is 5.50. The molecule has 0 aliphatic carbocycles. The van der Waals surface area contributed by atoms with Gasteiger partial charge in [0.25, 0.3) is 0 Å². The molecule has 3 rings (SSSR count). The Morgan fingerprint density at radius 1 is 1.06 bits per heavy atom. The zero-order chi connectivity index (χ0) is 22.4. The van der Waals surface area contributed by atoms with Gasteiger partial charge in [0.2, 0.25) is 11.6 Å². The number of hydrogen-bond acceptors (Lipinski definition) is 4. The van der Waals surface area contributed by atoms with Crippen LogP contribution in [0.3, 0.4) is 0 Å². The number of nitrogens with zero attached hydrogens (tertiary/aromatic N) is 3. The van der Waals surface area contributed by atoms with Gasteiger partial charge in [-0.25, -0.2) is 14.5 Å². The number of ketones is 1. The molecule has 0 saturated heterocycles. The minimum absolute atomic E-state index is 0.00854. The highest BCUT2D eigenvalue weighted by Gasteiger charge is 2.19. The molecule has 1 aromatic heterocycles. The van der Waals surface area contributed by atoms with Crippen LogP contribution in [0.4, 0.5) is 0 Å². The van der Waals surface area contributed by atoms with Crippen LogP contribution >= 0.6 is 0 Å². The Morgan fingerprint density at radius 3 is 2.42 bits per heavy atom. The lowest BCUT2D eigenvalue weighted by atomic mass is 9.98. The van der Waals surface area contributed by atoms with Gasteiger partial charge < -0.3 is 5.11 Å². The number of benzene rings is 2. The predicted molar refractivity (Wildman–Crippen MR) is 121 cm³/mol. The van der Waals surface area contributed by atoms with E-state index in [1.807, 2.05) is 41.1 Å². The van der Waals surface area contributed by atoms with Crippen molar-refractivity contribution in [2.24, 2.45) is 0 Å². The number of carboxylic acid groups (broad SMARTS) is 1. The summed E-state index contributed by atoms with van der Waals surface area (Å²) >= 11 is 0. The van der Waals surface area contributed by atoms with Crippen molar-refractivity contribution in [3.63, 3.8) is 0 Å². The van der Waals surface area contributed by atoms with E-state index in [-0.39, 0.29) is 17.4 Å². The summed E-state index contributed by atoms with van der Waals surface area (Å²) in [7, 11) is 0. The molecule has 0 bridgehead atoms. The molecule has 2 aromatic carbocycles. The van der Waals surface area contributed by atoms with Gasteiger partial charge >= 0.3 is 5.97 Å². The summed E-state index contributed by atoms with van der Waals surface area (Å²) in [4.78, 5) is 28.5. The molecule has 6 heteroatoms. The van der Waals surface area contributed by atoms with E-state index in [1.54, 1.807) is 12.1 Å². The van der Waals surface area contributed by atoms with Crippen LogP contribution in [0.5, 0.6) is 0 Å². The van der Waals surface area contributed by atoms with Gasteiger partial charge in [0.15, 0.2) is 0 Å². The summed E-state index contributed by atoms with van der Waals surface area (Å²) < 4.78 is 1.87. The molecule has 0 aliphatic heterocycles. The molecule has 0 spiro atoms. The third kappa shape index (κ3) is 5.26. The van der Waals surface area contributed by atoms with Crippen LogP contribution in [0, 0.1) is 0 Å². The van der Waals surface area contributed by atoms with Crippen molar-refractivity contribution < 1.29 is 14.7 Å². The van der Waals surface area contributed by atoms with Crippen LogP contribution < -0.4 is 0 Å². The van der Waals surface area contributed by atoms with Gasteiger partial charge in [0.05, 0.1) is 11.6 Å². The molecule has 162 valence electrons. The fourth-order valence-electron chi connectivity index (χ4n) is 3.48. The second-order valence-corrected chi connectivity index (χ2v) is 7.80. The Morgan fingerprint density at radius 2 is 1.77 bits per heavy atom. The summed E-state index contributed by atoms with van der Waals surface area (Å²) in [5, 5.41) is 14.0. The van der Waals surface area contributed by atoms with Crippen LogP contribution in [0.25, 0.3) is 11.1 Å². The molecular formula is C25H29N3O3. The Labute approximate surface area is 183 Å². The number of rotatable bonds is 10. The zero-order valence-corrected chi connectivity index (χ0v) is 18.3. The first-order chi connectivity index (χ1) is 14.9. The Balaban J connectivity index is 1.86. The highest BCUT2D eigenvalue weighted by atomic mass is 16.4. The maximum absolute atomic E-state index is 12.4. The SMILES string of the molecule is CCCCC(=O)c1nc(Cc2ccc(-c3ccccc3C(=O)O)cc2)n(C(C)CC)n1. The van der Waals surface area contributed by atoms with Crippen molar-refractivity contribution in [3.05, 3.63) is 71.3 Å². The second kappa shape index (κ2) is 10.2. The van der Waals surface area contributed by atoms with E-state index in [9.17, 15) is 14.7 Å². The smallest absolute Gasteiger partial charge is 0.336 e. The van der Waals surface area contributed by atoms with Gasteiger partial charge in [0.1, 0.15) is 5.82 Å². The quantitative estimate of drug-likeness (QED) is 0.434. The summed E-state index contributed by atoms with van der Waals surface area (Å²) in [6.45, 7) is 6.22. The van der Waals surface area contributed by atoms with Gasteiger partial charge in [-0.1, -0.05) is 62.7 Å². The highest BCUT2D eigenvalue weighted by molar-refractivity contribution is 5.96. The number of carbonyl (C=O) groups excluding carboxylic acids is 1. The normalized spacial score (nSPS) is 12.0. The molecule has 31 heavy (non-hydrogen) atoms. The maximum Gasteiger partial charge on any atom is 0.336 e. The zero-order valence-electron chi connectivity index (χ0n) is 18.3. The summed E-state index contributed by atoms with van der Waals surface area (Å²) in [5.74, 6) is 0.121. The maximum atomic E-state index is 12.4. The average Bonchev–Trinajstić information content (AvgIpc) is 3.21. The van der Waals surface area contributed by atoms with Gasteiger partial charge in [0, 0.05) is 12.8 Å². The van der Waals surface area contributed by atoms with E-state index in [0.29, 0.717) is 24.2 Å². The minimum atomic E-state index is -0.943. The number of aromatic carboxylic acids is 1. The van der Waals surface area contributed by atoms with E-state index in [0.717, 1.165) is 36.2 Å². The molecule has 0 saturated carbocycles. The van der Waals surface area contributed by atoms with Gasteiger partial charge in [-0.05, 0) is 42.5 Å². The molecular weight excluding hydrogens is 390 g/mol. The van der Waals surface area contributed by atoms with E-state index in [1.165, 1.54) is 0 Å². The van der Waals surface area contributed by atoms with Crippen molar-refractivity contribution in [2.75, 3.05) is 0 Å². The Kier molecular flexibility index (Phi) is 7.34. The van der Waals surface area contributed by atoms with Crippen LogP contribution in [0.1, 0.15) is 84.9 Å². The van der Waals surface area contributed by atoms with Gasteiger partial charge in [-0.2, -0.15) is 0 Å². The van der Waals surface area contributed by atoms with Crippen molar-refractivity contribution in [3.8, 4) is 11.1 Å². The second-order valence-electron chi connectivity index (χ2n) is 7.80. The Hall–Kier alpha value is -3.28. The number of carbonyl (C=O) groups is 2. The summed E-state index contributed by atoms with van der Waals surface area (Å²) in [6, 6.07) is 14.9. The lowest BCUT2D eigenvalue weighted by Crippen LogP contribution is -2.11. The van der Waals surface area contributed by atoms with Crippen molar-refractivity contribution in [1.82, 2.24) is 14.8 Å². The lowest BCUT2D eigenvalue weighted by molar-refractivity contribution is 0.0697. The van der Waals surface area contributed by atoms with E-state index in [2.05, 4.69) is 30.9 Å². The predicted octanol–water partition coefficient (Wildman–Crippen LogP) is 5.58. The molecule has 3 aromatic rings. The number of hydrogen-bond donors (Lipinski definition) is 1. The number of unbranched alkanes of at least 4 members (excludes halogenated alkanes) is 1. The fourth-order valence-corrected chi connectivity index (χ4v) is 3.48. The summed E-state index contributed by atoms with van der Waals surface area (Å²) in [6.07, 6.45) is 3.72. The van der Waals surface area contributed by atoms with E-state index >= 15 is 0 Å². The van der Waals surface area contributed by atoms with Gasteiger partial charge in [-0.3, -0.25) is 4.79 Å². The molecule has 1 heterocycles. The molecule has 1 atom stereocenters. The third-order valence-electron chi connectivity index (χ3n) is 5.50. The lowest BCUT2D eigenvalue weighted by Gasteiger charge is -2.12. The summed E-state index contributed by atoms with van der Waals surface area (Å²) in [5.41, 5.74) is 2.84. The molecule has 0 amide bonds. The topological polar surface area (TPSA) is 85.1 Å². The van der Waals surface area contributed by atoms with E-state index < -0.39 is 5.97 Å². The van der Waals surface area contributed by atoms with Gasteiger partial charge in [-0.15, -0.1) is 5.10 Å². The van der Waals surface area contributed by atoms with E-state index in [4.69, 9.17) is 0 Å². The van der Waals surface area contributed by atoms with Crippen molar-refractivity contribution in [1.29, 1.82) is 0 Å². The van der Waals surface area contributed by atoms with Crippen LogP contribution in [-0.4, -0.2) is 31.6 Å². The number of aromatic nitrogens is 3. The monoisotopic (exact) mass is 419 g/mol. The van der Waals surface area contributed by atoms with Crippen LogP contribution in [0.15, 0.2) is 48.5 Å². The van der Waals surface area contributed by atoms with Crippen LogP contribution in [0.2, 0.25) is 0 Å². The fraction of sp³-hybridized carbons (Fsp3) is 0.360.